The molecular formula is C17H16ClN7S. The summed E-state index contributed by atoms with van der Waals surface area (Å²) in [6, 6.07) is 9.54. The zero-order chi connectivity index (χ0) is 18.1. The summed E-state index contributed by atoms with van der Waals surface area (Å²) >= 11 is 7.61. The second kappa shape index (κ2) is 6.97. The third-order valence-electron chi connectivity index (χ3n) is 4.03. The highest BCUT2D eigenvalue weighted by molar-refractivity contribution is 8.14. The maximum Gasteiger partial charge on any atom is 0.229 e. The fourth-order valence-corrected chi connectivity index (χ4v) is 3.82. The van der Waals surface area contributed by atoms with Crippen molar-refractivity contribution in [1.29, 1.82) is 0 Å². The lowest BCUT2D eigenvalue weighted by atomic mass is 10.1. The Labute approximate surface area is 159 Å². The van der Waals surface area contributed by atoms with Gasteiger partial charge in [0.2, 0.25) is 5.95 Å². The van der Waals surface area contributed by atoms with Crippen LogP contribution < -0.4 is 5.43 Å². The molecule has 132 valence electrons. The highest BCUT2D eigenvalue weighted by atomic mass is 35.5. The highest BCUT2D eigenvalue weighted by Crippen LogP contribution is 2.24. The fraction of sp³-hybridized carbons (Fsp3) is 0.176. The molecular weight excluding hydrogens is 370 g/mol. The minimum absolute atomic E-state index is 0.664. The molecule has 26 heavy (non-hydrogen) atoms. The minimum Gasteiger partial charge on any atom is -0.287 e. The molecule has 2 aromatic heterocycles. The van der Waals surface area contributed by atoms with Crippen LogP contribution in [-0.2, 0) is 0 Å². The Morgan fingerprint density at radius 3 is 2.85 bits per heavy atom. The van der Waals surface area contributed by atoms with E-state index in [-0.39, 0.29) is 0 Å². The van der Waals surface area contributed by atoms with Gasteiger partial charge in [0.25, 0.3) is 0 Å². The Balaban J connectivity index is 1.59. The van der Waals surface area contributed by atoms with Gasteiger partial charge in [-0.3, -0.25) is 9.99 Å². The number of H-pyrrole nitrogens is 1. The van der Waals surface area contributed by atoms with Crippen molar-refractivity contribution in [3.05, 3.63) is 58.6 Å². The molecule has 3 heterocycles. The molecule has 1 aliphatic heterocycles. The van der Waals surface area contributed by atoms with Crippen LogP contribution in [-0.4, -0.2) is 36.4 Å². The van der Waals surface area contributed by atoms with E-state index in [4.69, 9.17) is 11.6 Å². The standard InChI is InChI=1S/C17H16ClN7S/c1-10-6-14(11(2)25(10)16-19-9-20-23-16)15-8-26-17(24-22-15)21-13-5-3-4-12(18)7-13/h3-7,9H,8H2,1-2H3,(H,21,24)(H,19,20,23). The second-order valence-corrected chi connectivity index (χ2v) is 7.19. The van der Waals surface area contributed by atoms with Crippen LogP contribution in [0.4, 0.5) is 5.69 Å². The number of amidine groups is 1. The Kier molecular flexibility index (Phi) is 4.52. The van der Waals surface area contributed by atoms with Crippen LogP contribution in [0.5, 0.6) is 0 Å². The van der Waals surface area contributed by atoms with Crippen molar-refractivity contribution in [2.45, 2.75) is 13.8 Å². The number of hydrogen-bond acceptors (Lipinski definition) is 5. The first-order valence-corrected chi connectivity index (χ1v) is 9.33. The zero-order valence-electron chi connectivity index (χ0n) is 14.2. The normalized spacial score (nSPS) is 15.8. The number of nitrogens with one attached hydrogen (secondary N) is 2. The molecule has 3 aromatic rings. The van der Waals surface area contributed by atoms with Crippen molar-refractivity contribution in [3.63, 3.8) is 0 Å². The molecule has 0 aliphatic carbocycles. The maximum absolute atomic E-state index is 6.00. The van der Waals surface area contributed by atoms with Gasteiger partial charge in [0.1, 0.15) is 6.33 Å². The average Bonchev–Trinajstić information content (AvgIpc) is 3.24. The number of thioether (sulfide) groups is 1. The molecule has 1 aliphatic rings. The third-order valence-corrected chi connectivity index (χ3v) is 5.14. The van der Waals surface area contributed by atoms with Gasteiger partial charge in [0.15, 0.2) is 5.17 Å². The first-order chi connectivity index (χ1) is 12.6. The van der Waals surface area contributed by atoms with E-state index in [0.29, 0.717) is 11.0 Å². The molecule has 0 bridgehead atoms. The summed E-state index contributed by atoms with van der Waals surface area (Å²) in [7, 11) is 0. The van der Waals surface area contributed by atoms with Gasteiger partial charge in [-0.05, 0) is 38.1 Å². The van der Waals surface area contributed by atoms with Gasteiger partial charge >= 0.3 is 0 Å². The van der Waals surface area contributed by atoms with Gasteiger partial charge in [-0.1, -0.05) is 29.4 Å². The van der Waals surface area contributed by atoms with E-state index in [1.807, 2.05) is 42.7 Å². The third kappa shape index (κ3) is 3.25. The summed E-state index contributed by atoms with van der Waals surface area (Å²) in [6.07, 6.45) is 1.50. The number of aromatic nitrogens is 4. The summed E-state index contributed by atoms with van der Waals surface area (Å²) in [5.74, 6) is 1.43. The number of benzene rings is 1. The predicted molar refractivity (Wildman–Crippen MR) is 106 cm³/mol. The Bertz CT molecular complexity index is 1000. The van der Waals surface area contributed by atoms with Crippen LogP contribution in [0.1, 0.15) is 17.0 Å². The molecule has 9 heteroatoms. The Hall–Kier alpha value is -2.58. The first kappa shape index (κ1) is 16.9. The lowest BCUT2D eigenvalue weighted by Crippen LogP contribution is -2.25. The topological polar surface area (TPSA) is 83.2 Å². The molecule has 0 saturated carbocycles. The average molecular weight is 386 g/mol. The number of halogens is 1. The number of aryl methyl sites for hydroxylation is 1. The summed E-state index contributed by atoms with van der Waals surface area (Å²) in [5, 5.41) is 12.8. The van der Waals surface area contributed by atoms with E-state index >= 15 is 0 Å². The lowest BCUT2D eigenvalue weighted by Gasteiger charge is -2.15. The van der Waals surface area contributed by atoms with Gasteiger partial charge in [0.05, 0.1) is 11.4 Å². The van der Waals surface area contributed by atoms with Crippen LogP contribution in [0.2, 0.25) is 5.02 Å². The molecule has 1 aromatic carbocycles. The van der Waals surface area contributed by atoms with Gasteiger partial charge in [-0.2, -0.15) is 15.2 Å². The second-order valence-electron chi connectivity index (χ2n) is 5.79. The fourth-order valence-electron chi connectivity index (χ4n) is 2.86. The van der Waals surface area contributed by atoms with Gasteiger partial charge < -0.3 is 0 Å². The van der Waals surface area contributed by atoms with E-state index in [1.165, 1.54) is 6.33 Å². The number of aromatic amines is 1. The summed E-state index contributed by atoms with van der Waals surface area (Å²) in [4.78, 5) is 8.78. The smallest absolute Gasteiger partial charge is 0.229 e. The molecule has 0 spiro atoms. The van der Waals surface area contributed by atoms with Gasteiger partial charge in [-0.15, -0.1) is 0 Å². The highest BCUT2D eigenvalue weighted by Gasteiger charge is 2.20. The minimum atomic E-state index is 0.664. The van der Waals surface area contributed by atoms with E-state index in [2.05, 4.69) is 36.8 Å². The van der Waals surface area contributed by atoms with Crippen molar-refractivity contribution in [3.8, 4) is 5.95 Å². The van der Waals surface area contributed by atoms with Crippen molar-refractivity contribution in [2.24, 2.45) is 10.1 Å². The van der Waals surface area contributed by atoms with Crippen molar-refractivity contribution >= 4 is 39.9 Å². The SMILES string of the molecule is Cc1cc(C2=NNC(=Nc3cccc(Cl)c3)SC2)c(C)n1-c1ncn[nH]1. The Morgan fingerprint density at radius 2 is 2.15 bits per heavy atom. The van der Waals surface area contributed by atoms with Gasteiger partial charge in [0, 0.05) is 27.7 Å². The number of aliphatic imine (C=N–C) groups is 1. The maximum atomic E-state index is 6.00. The Morgan fingerprint density at radius 1 is 1.27 bits per heavy atom. The van der Waals surface area contributed by atoms with Crippen molar-refractivity contribution in [2.75, 3.05) is 5.75 Å². The van der Waals surface area contributed by atoms with Crippen LogP contribution in [0.3, 0.4) is 0 Å². The molecule has 0 radical (unpaired) electrons. The molecule has 0 atom stereocenters. The first-order valence-electron chi connectivity index (χ1n) is 7.96. The molecule has 0 unspecified atom stereocenters. The lowest BCUT2D eigenvalue weighted by molar-refractivity contribution is 0.877. The number of nitrogens with zero attached hydrogens (tertiary/aromatic N) is 5. The van der Waals surface area contributed by atoms with Crippen molar-refractivity contribution < 1.29 is 0 Å². The summed E-state index contributed by atoms with van der Waals surface area (Å²) < 4.78 is 2.03. The van der Waals surface area contributed by atoms with Crippen LogP contribution in [0, 0.1) is 13.8 Å². The molecule has 0 fully saturated rings. The van der Waals surface area contributed by atoms with Gasteiger partial charge in [-0.25, -0.2) is 10.1 Å². The largest absolute Gasteiger partial charge is 0.287 e. The van der Waals surface area contributed by atoms with E-state index in [1.54, 1.807) is 11.8 Å². The number of rotatable bonds is 3. The van der Waals surface area contributed by atoms with E-state index in [0.717, 1.165) is 39.3 Å². The molecule has 4 rings (SSSR count). The van der Waals surface area contributed by atoms with Crippen LogP contribution in [0.15, 0.2) is 46.8 Å². The summed E-state index contributed by atoms with van der Waals surface area (Å²) in [6.45, 7) is 4.09. The quantitative estimate of drug-likeness (QED) is 0.721. The molecule has 0 saturated heterocycles. The molecule has 7 nitrogen and oxygen atoms in total. The summed E-state index contributed by atoms with van der Waals surface area (Å²) in [5.41, 5.74) is 8.03. The number of hydrogen-bond donors (Lipinski definition) is 2. The zero-order valence-corrected chi connectivity index (χ0v) is 15.8. The molecule has 0 amide bonds. The number of hydrazone groups is 1. The predicted octanol–water partition coefficient (Wildman–Crippen LogP) is 3.59. The monoisotopic (exact) mass is 385 g/mol. The molecule has 2 N–H and O–H groups in total. The van der Waals surface area contributed by atoms with Crippen LogP contribution >= 0.6 is 23.4 Å². The van der Waals surface area contributed by atoms with E-state index in [9.17, 15) is 0 Å². The van der Waals surface area contributed by atoms with Crippen LogP contribution in [0.25, 0.3) is 5.95 Å². The van der Waals surface area contributed by atoms with Crippen molar-refractivity contribution in [1.82, 2.24) is 25.2 Å². The van der Waals surface area contributed by atoms with E-state index < -0.39 is 0 Å².